The number of aromatic amines is 1. The van der Waals surface area contributed by atoms with E-state index in [-0.39, 0.29) is 30.2 Å². The Morgan fingerprint density at radius 3 is 2.73 bits per heavy atom. The number of halogens is 2. The van der Waals surface area contributed by atoms with Crippen LogP contribution in [0.5, 0.6) is 0 Å². The van der Waals surface area contributed by atoms with Crippen molar-refractivity contribution in [1.29, 1.82) is 0 Å². The maximum absolute atomic E-state index is 12.9. The fourth-order valence-electron chi connectivity index (χ4n) is 2.53. The quantitative estimate of drug-likeness (QED) is 0.908. The van der Waals surface area contributed by atoms with Gasteiger partial charge in [-0.25, -0.2) is 4.39 Å². The molecule has 1 unspecified atom stereocenters. The second-order valence-corrected chi connectivity index (χ2v) is 5.24. The van der Waals surface area contributed by atoms with Crippen LogP contribution in [-0.2, 0) is 0 Å². The highest BCUT2D eigenvalue weighted by molar-refractivity contribution is 5.93. The summed E-state index contributed by atoms with van der Waals surface area (Å²) < 4.78 is 12.9. The Morgan fingerprint density at radius 2 is 2.09 bits per heavy atom. The van der Waals surface area contributed by atoms with Crippen LogP contribution in [0.25, 0.3) is 11.3 Å². The molecule has 2 N–H and O–H groups in total. The van der Waals surface area contributed by atoms with Crippen molar-refractivity contribution in [2.24, 2.45) is 0 Å². The molecule has 0 spiro atoms. The first-order chi connectivity index (χ1) is 10.1. The predicted molar refractivity (Wildman–Crippen MR) is 84.6 cm³/mol. The van der Waals surface area contributed by atoms with E-state index in [0.29, 0.717) is 11.4 Å². The second-order valence-electron chi connectivity index (χ2n) is 5.24. The molecule has 0 radical (unpaired) electrons. The lowest BCUT2D eigenvalue weighted by Gasteiger charge is -2.22. The normalized spacial score (nSPS) is 17.1. The maximum atomic E-state index is 12.9. The molecule has 2 aromatic rings. The van der Waals surface area contributed by atoms with Crippen molar-refractivity contribution in [3.63, 3.8) is 0 Å². The van der Waals surface area contributed by atoms with Crippen molar-refractivity contribution in [3.05, 3.63) is 41.8 Å². The molecular formula is C15H18ClFN4O. The van der Waals surface area contributed by atoms with Gasteiger partial charge in [0.05, 0.1) is 5.69 Å². The number of nitrogens with zero attached hydrogens (tertiary/aromatic N) is 2. The van der Waals surface area contributed by atoms with Crippen LogP contribution >= 0.6 is 12.4 Å². The molecule has 5 nitrogen and oxygen atoms in total. The summed E-state index contributed by atoms with van der Waals surface area (Å²) in [5.41, 5.74) is 1.86. The molecule has 1 aliphatic heterocycles. The van der Waals surface area contributed by atoms with Gasteiger partial charge in [0.2, 0.25) is 0 Å². The number of carbonyl (C=O) groups excluding carboxylic acids is 1. The predicted octanol–water partition coefficient (Wildman–Crippen LogP) is 2.07. The Hall–Kier alpha value is -1.92. The Bertz CT molecular complexity index is 637. The van der Waals surface area contributed by atoms with E-state index in [4.69, 9.17) is 0 Å². The van der Waals surface area contributed by atoms with Gasteiger partial charge in [-0.1, -0.05) is 0 Å². The van der Waals surface area contributed by atoms with Crippen molar-refractivity contribution >= 4 is 18.3 Å². The van der Waals surface area contributed by atoms with Crippen molar-refractivity contribution in [2.45, 2.75) is 12.5 Å². The number of nitrogens with one attached hydrogen (secondary N) is 2. The van der Waals surface area contributed by atoms with E-state index < -0.39 is 0 Å². The molecular weight excluding hydrogens is 307 g/mol. The van der Waals surface area contributed by atoms with E-state index >= 15 is 0 Å². The van der Waals surface area contributed by atoms with Gasteiger partial charge in [0.25, 0.3) is 5.91 Å². The minimum Gasteiger partial charge on any atom is -0.336 e. The standard InChI is InChI=1S/C15H17FN4O.ClH/c1-20(12-6-7-17-9-12)15(21)14-8-13(18-19-14)10-2-4-11(16)5-3-10;/h2-5,8,12,17H,6-7,9H2,1H3,(H,18,19);1H. The topological polar surface area (TPSA) is 61.0 Å². The van der Waals surface area contributed by atoms with Crippen molar-refractivity contribution in [3.8, 4) is 11.3 Å². The number of likely N-dealkylation sites (N-methyl/N-ethyl adjacent to an activating group) is 1. The number of hydrogen-bond acceptors (Lipinski definition) is 3. The molecule has 0 aliphatic carbocycles. The molecule has 1 fully saturated rings. The van der Waals surface area contributed by atoms with Crippen LogP contribution in [0.4, 0.5) is 4.39 Å². The number of rotatable bonds is 3. The summed E-state index contributed by atoms with van der Waals surface area (Å²) in [5.74, 6) is -0.372. The molecule has 22 heavy (non-hydrogen) atoms. The first kappa shape index (κ1) is 16.5. The van der Waals surface area contributed by atoms with E-state index in [2.05, 4.69) is 15.5 Å². The highest BCUT2D eigenvalue weighted by atomic mass is 35.5. The van der Waals surface area contributed by atoms with Gasteiger partial charge in [-0.2, -0.15) is 5.10 Å². The lowest BCUT2D eigenvalue weighted by atomic mass is 10.1. The van der Waals surface area contributed by atoms with E-state index in [1.807, 2.05) is 0 Å². The van der Waals surface area contributed by atoms with Crippen LogP contribution in [-0.4, -0.2) is 47.2 Å². The zero-order valence-electron chi connectivity index (χ0n) is 12.2. The van der Waals surface area contributed by atoms with Crippen LogP contribution in [0.2, 0.25) is 0 Å². The average Bonchev–Trinajstić information content (AvgIpc) is 3.18. The molecule has 1 aromatic carbocycles. The number of aromatic nitrogens is 2. The van der Waals surface area contributed by atoms with Gasteiger partial charge < -0.3 is 10.2 Å². The lowest BCUT2D eigenvalue weighted by molar-refractivity contribution is 0.0738. The van der Waals surface area contributed by atoms with Crippen LogP contribution in [0.15, 0.2) is 30.3 Å². The molecule has 1 aliphatic rings. The summed E-state index contributed by atoms with van der Waals surface area (Å²) in [6, 6.07) is 7.96. The van der Waals surface area contributed by atoms with Crippen molar-refractivity contribution in [2.75, 3.05) is 20.1 Å². The Labute approximate surface area is 134 Å². The van der Waals surface area contributed by atoms with Crippen LogP contribution in [0.1, 0.15) is 16.9 Å². The molecule has 1 saturated heterocycles. The van der Waals surface area contributed by atoms with Gasteiger partial charge in [-0.05, 0) is 43.3 Å². The fourth-order valence-corrected chi connectivity index (χ4v) is 2.53. The monoisotopic (exact) mass is 324 g/mol. The number of hydrogen-bond donors (Lipinski definition) is 2. The van der Waals surface area contributed by atoms with Gasteiger partial charge in [0, 0.05) is 25.2 Å². The van der Waals surface area contributed by atoms with Gasteiger partial charge in [0.15, 0.2) is 0 Å². The van der Waals surface area contributed by atoms with Crippen molar-refractivity contribution in [1.82, 2.24) is 20.4 Å². The number of benzene rings is 1. The van der Waals surface area contributed by atoms with Crippen LogP contribution in [0, 0.1) is 5.82 Å². The molecule has 0 saturated carbocycles. The van der Waals surface area contributed by atoms with E-state index in [9.17, 15) is 9.18 Å². The zero-order chi connectivity index (χ0) is 14.8. The van der Waals surface area contributed by atoms with Gasteiger partial charge in [-0.3, -0.25) is 9.89 Å². The van der Waals surface area contributed by atoms with E-state index in [1.54, 1.807) is 30.1 Å². The molecule has 0 bridgehead atoms. The first-order valence-corrected chi connectivity index (χ1v) is 6.94. The first-order valence-electron chi connectivity index (χ1n) is 6.94. The van der Waals surface area contributed by atoms with Crippen molar-refractivity contribution < 1.29 is 9.18 Å². The SMILES string of the molecule is CN(C(=O)c1cc(-c2ccc(F)cc2)n[nH]1)C1CCNC1.Cl. The number of carbonyl (C=O) groups is 1. The molecule has 1 aromatic heterocycles. The highest BCUT2D eigenvalue weighted by Gasteiger charge is 2.25. The summed E-state index contributed by atoms with van der Waals surface area (Å²) in [7, 11) is 1.80. The molecule has 3 rings (SSSR count). The highest BCUT2D eigenvalue weighted by Crippen LogP contribution is 2.19. The summed E-state index contributed by atoms with van der Waals surface area (Å²) in [5, 5.41) is 10.1. The largest absolute Gasteiger partial charge is 0.336 e. The maximum Gasteiger partial charge on any atom is 0.271 e. The molecule has 118 valence electrons. The molecule has 7 heteroatoms. The Balaban J connectivity index is 0.00000176. The van der Waals surface area contributed by atoms with E-state index in [0.717, 1.165) is 25.1 Å². The smallest absolute Gasteiger partial charge is 0.271 e. The van der Waals surface area contributed by atoms with Crippen LogP contribution in [0.3, 0.4) is 0 Å². The Morgan fingerprint density at radius 1 is 1.36 bits per heavy atom. The number of amides is 1. The second kappa shape index (κ2) is 6.89. The Kier molecular flexibility index (Phi) is 5.15. The number of H-pyrrole nitrogens is 1. The molecule has 2 heterocycles. The van der Waals surface area contributed by atoms with E-state index in [1.165, 1.54) is 12.1 Å². The average molecular weight is 325 g/mol. The summed E-state index contributed by atoms with van der Waals surface area (Å²) in [6.45, 7) is 1.76. The minimum atomic E-state index is -0.293. The fraction of sp³-hybridized carbons (Fsp3) is 0.333. The van der Waals surface area contributed by atoms with Gasteiger partial charge >= 0.3 is 0 Å². The third kappa shape index (κ3) is 3.28. The zero-order valence-corrected chi connectivity index (χ0v) is 13.0. The summed E-state index contributed by atoms with van der Waals surface area (Å²) in [4.78, 5) is 14.1. The third-order valence-electron chi connectivity index (χ3n) is 3.85. The summed E-state index contributed by atoms with van der Waals surface area (Å²) >= 11 is 0. The van der Waals surface area contributed by atoms with Gasteiger partial charge in [0.1, 0.15) is 11.5 Å². The molecule has 1 amide bonds. The summed E-state index contributed by atoms with van der Waals surface area (Å²) in [6.07, 6.45) is 0.960. The van der Waals surface area contributed by atoms with Crippen LogP contribution < -0.4 is 5.32 Å². The third-order valence-corrected chi connectivity index (χ3v) is 3.85. The lowest BCUT2D eigenvalue weighted by Crippen LogP contribution is -2.38. The molecule has 1 atom stereocenters. The minimum absolute atomic E-state index is 0. The van der Waals surface area contributed by atoms with Gasteiger partial charge in [-0.15, -0.1) is 12.4 Å².